The lowest BCUT2D eigenvalue weighted by molar-refractivity contribution is -0.130. The van der Waals surface area contributed by atoms with E-state index in [1.54, 1.807) is 17.0 Å². The Morgan fingerprint density at radius 3 is 2.62 bits per heavy atom. The predicted octanol–water partition coefficient (Wildman–Crippen LogP) is 2.35. The molecular formula is C23H25N3O3. The summed E-state index contributed by atoms with van der Waals surface area (Å²) in [5.41, 5.74) is 2.77. The molecule has 0 unspecified atom stereocenters. The summed E-state index contributed by atoms with van der Waals surface area (Å²) in [6.45, 7) is 0.825. The van der Waals surface area contributed by atoms with Crippen LogP contribution in [-0.2, 0) is 11.2 Å². The Morgan fingerprint density at radius 1 is 1.07 bits per heavy atom. The van der Waals surface area contributed by atoms with Crippen LogP contribution in [0.3, 0.4) is 0 Å². The van der Waals surface area contributed by atoms with Gasteiger partial charge in [-0.2, -0.15) is 0 Å². The molecule has 6 nitrogen and oxygen atoms in total. The number of aromatic amines is 1. The van der Waals surface area contributed by atoms with E-state index in [9.17, 15) is 14.7 Å². The number of fused-ring (bicyclic) bond motifs is 1. The van der Waals surface area contributed by atoms with Gasteiger partial charge in [-0.05, 0) is 30.2 Å². The van der Waals surface area contributed by atoms with Crippen molar-refractivity contribution in [2.24, 2.45) is 5.92 Å². The van der Waals surface area contributed by atoms with Gasteiger partial charge in [0.25, 0.3) is 5.91 Å². The minimum atomic E-state index is -0.246. The zero-order chi connectivity index (χ0) is 20.2. The van der Waals surface area contributed by atoms with Crippen LogP contribution in [0.2, 0.25) is 0 Å². The van der Waals surface area contributed by atoms with Crippen LogP contribution in [0.1, 0.15) is 22.3 Å². The molecule has 1 aromatic heterocycles. The highest BCUT2D eigenvalue weighted by molar-refractivity contribution is 5.94. The SMILES string of the molecule is O=C(N[C@@H]1CN(C(=O)CCc2c[nH]c3ccccc23)C[C@H]1CO)c1ccccc1. The monoisotopic (exact) mass is 391 g/mol. The van der Waals surface area contributed by atoms with E-state index in [4.69, 9.17) is 0 Å². The summed E-state index contributed by atoms with van der Waals surface area (Å²) in [5.74, 6) is -0.285. The van der Waals surface area contributed by atoms with E-state index >= 15 is 0 Å². The fraction of sp³-hybridized carbons (Fsp3) is 0.304. The highest BCUT2D eigenvalue weighted by atomic mass is 16.3. The molecule has 0 bridgehead atoms. The molecule has 6 heteroatoms. The standard InChI is InChI=1S/C23H25N3O3/c27-15-18-13-26(14-21(18)25-23(29)16-6-2-1-3-7-16)22(28)11-10-17-12-24-20-9-5-4-8-19(17)20/h1-9,12,18,21,24,27H,10-11,13-15H2,(H,25,29)/t18-,21+/m0/s1. The highest BCUT2D eigenvalue weighted by Crippen LogP contribution is 2.22. The largest absolute Gasteiger partial charge is 0.396 e. The summed E-state index contributed by atoms with van der Waals surface area (Å²) >= 11 is 0. The van der Waals surface area contributed by atoms with Crippen molar-refractivity contribution in [1.82, 2.24) is 15.2 Å². The van der Waals surface area contributed by atoms with Gasteiger partial charge in [0.2, 0.25) is 5.91 Å². The molecule has 3 aromatic rings. The quantitative estimate of drug-likeness (QED) is 0.603. The first kappa shape index (κ1) is 19.2. The minimum Gasteiger partial charge on any atom is -0.396 e. The van der Waals surface area contributed by atoms with Crippen LogP contribution in [0.15, 0.2) is 60.8 Å². The maximum absolute atomic E-state index is 12.8. The average Bonchev–Trinajstić information content (AvgIpc) is 3.36. The van der Waals surface area contributed by atoms with Crippen molar-refractivity contribution in [1.29, 1.82) is 0 Å². The maximum Gasteiger partial charge on any atom is 0.251 e. The van der Waals surface area contributed by atoms with Crippen molar-refractivity contribution >= 4 is 22.7 Å². The first-order valence-corrected chi connectivity index (χ1v) is 9.95. The van der Waals surface area contributed by atoms with Crippen LogP contribution < -0.4 is 5.32 Å². The number of hydrogen-bond donors (Lipinski definition) is 3. The summed E-state index contributed by atoms with van der Waals surface area (Å²) in [6.07, 6.45) is 3.02. The van der Waals surface area contributed by atoms with Crippen LogP contribution in [0.4, 0.5) is 0 Å². The second-order valence-electron chi connectivity index (χ2n) is 7.55. The molecule has 2 atom stereocenters. The van der Waals surface area contributed by atoms with Crippen LogP contribution in [-0.4, -0.2) is 52.5 Å². The zero-order valence-corrected chi connectivity index (χ0v) is 16.2. The molecule has 1 fully saturated rings. The third-order valence-corrected chi connectivity index (χ3v) is 5.66. The van der Waals surface area contributed by atoms with Crippen molar-refractivity contribution in [3.63, 3.8) is 0 Å². The molecule has 4 rings (SSSR count). The summed E-state index contributed by atoms with van der Waals surface area (Å²) in [4.78, 5) is 30.2. The van der Waals surface area contributed by atoms with Crippen molar-refractivity contribution < 1.29 is 14.7 Å². The predicted molar refractivity (Wildman–Crippen MR) is 111 cm³/mol. The molecule has 0 saturated carbocycles. The average molecular weight is 391 g/mol. The summed E-state index contributed by atoms with van der Waals surface area (Å²) in [6, 6.07) is 16.8. The number of benzene rings is 2. The van der Waals surface area contributed by atoms with Gasteiger partial charge in [-0.1, -0.05) is 36.4 Å². The lowest BCUT2D eigenvalue weighted by Crippen LogP contribution is -2.41. The number of aromatic nitrogens is 1. The Hall–Kier alpha value is -3.12. The molecule has 3 N–H and O–H groups in total. The third kappa shape index (κ3) is 4.17. The van der Waals surface area contributed by atoms with E-state index in [0.29, 0.717) is 31.5 Å². The Balaban J connectivity index is 1.36. The van der Waals surface area contributed by atoms with Gasteiger partial charge in [0, 0.05) is 54.7 Å². The number of carbonyl (C=O) groups is 2. The molecule has 1 aliphatic heterocycles. The number of nitrogens with one attached hydrogen (secondary N) is 2. The molecule has 150 valence electrons. The fourth-order valence-corrected chi connectivity index (χ4v) is 4.00. The molecule has 1 aliphatic rings. The first-order valence-electron chi connectivity index (χ1n) is 9.95. The van der Waals surface area contributed by atoms with Gasteiger partial charge in [-0.25, -0.2) is 0 Å². The van der Waals surface area contributed by atoms with E-state index in [-0.39, 0.29) is 30.4 Å². The van der Waals surface area contributed by atoms with E-state index in [2.05, 4.69) is 16.4 Å². The van der Waals surface area contributed by atoms with Gasteiger partial charge in [-0.3, -0.25) is 9.59 Å². The van der Waals surface area contributed by atoms with Gasteiger partial charge in [0.15, 0.2) is 0 Å². The van der Waals surface area contributed by atoms with Gasteiger partial charge in [0.05, 0.1) is 6.04 Å². The van der Waals surface area contributed by atoms with Crippen LogP contribution in [0.25, 0.3) is 10.9 Å². The third-order valence-electron chi connectivity index (χ3n) is 5.66. The number of likely N-dealkylation sites (tertiary alicyclic amines) is 1. The van der Waals surface area contributed by atoms with Gasteiger partial charge in [-0.15, -0.1) is 0 Å². The smallest absolute Gasteiger partial charge is 0.251 e. The van der Waals surface area contributed by atoms with Gasteiger partial charge < -0.3 is 20.3 Å². The second kappa shape index (κ2) is 8.49. The molecule has 1 saturated heterocycles. The lowest BCUT2D eigenvalue weighted by Gasteiger charge is -2.18. The topological polar surface area (TPSA) is 85.4 Å². The van der Waals surface area contributed by atoms with Crippen molar-refractivity contribution in [2.45, 2.75) is 18.9 Å². The molecule has 29 heavy (non-hydrogen) atoms. The first-order chi connectivity index (χ1) is 14.2. The van der Waals surface area contributed by atoms with Crippen molar-refractivity contribution in [2.75, 3.05) is 19.7 Å². The van der Waals surface area contributed by atoms with Crippen LogP contribution >= 0.6 is 0 Å². The zero-order valence-electron chi connectivity index (χ0n) is 16.2. The minimum absolute atomic E-state index is 0.0465. The maximum atomic E-state index is 12.8. The fourth-order valence-electron chi connectivity index (χ4n) is 4.00. The number of H-pyrrole nitrogens is 1. The number of rotatable bonds is 6. The van der Waals surface area contributed by atoms with Crippen molar-refractivity contribution in [3.8, 4) is 0 Å². The van der Waals surface area contributed by atoms with E-state index in [1.807, 2.05) is 42.6 Å². The Morgan fingerprint density at radius 2 is 1.83 bits per heavy atom. The number of nitrogens with zero attached hydrogens (tertiary/aromatic N) is 1. The normalized spacial score (nSPS) is 18.9. The molecule has 2 aromatic carbocycles. The number of aliphatic hydroxyl groups is 1. The summed E-state index contributed by atoms with van der Waals surface area (Å²) < 4.78 is 0. The van der Waals surface area contributed by atoms with Crippen LogP contribution in [0, 0.1) is 5.92 Å². The number of amides is 2. The molecule has 2 heterocycles. The van der Waals surface area contributed by atoms with Crippen LogP contribution in [0.5, 0.6) is 0 Å². The number of aliphatic hydroxyl groups excluding tert-OH is 1. The van der Waals surface area contributed by atoms with Gasteiger partial charge in [0.1, 0.15) is 0 Å². The number of hydrogen-bond acceptors (Lipinski definition) is 3. The highest BCUT2D eigenvalue weighted by Gasteiger charge is 2.35. The summed E-state index contributed by atoms with van der Waals surface area (Å²) in [5, 5.41) is 13.8. The molecular weight excluding hydrogens is 366 g/mol. The molecule has 0 radical (unpaired) electrons. The van der Waals surface area contributed by atoms with E-state index in [1.165, 1.54) is 0 Å². The number of para-hydroxylation sites is 1. The molecule has 0 aliphatic carbocycles. The molecule has 0 spiro atoms. The van der Waals surface area contributed by atoms with Crippen molar-refractivity contribution in [3.05, 3.63) is 71.9 Å². The van der Waals surface area contributed by atoms with E-state index < -0.39 is 0 Å². The Bertz CT molecular complexity index is 999. The van der Waals surface area contributed by atoms with Gasteiger partial charge >= 0.3 is 0 Å². The number of aryl methyl sites for hydroxylation is 1. The summed E-state index contributed by atoms with van der Waals surface area (Å²) in [7, 11) is 0. The number of carbonyl (C=O) groups excluding carboxylic acids is 2. The second-order valence-corrected chi connectivity index (χ2v) is 7.55. The molecule has 2 amide bonds. The Labute approximate surface area is 169 Å². The Kier molecular flexibility index (Phi) is 5.62. The van der Waals surface area contributed by atoms with E-state index in [0.717, 1.165) is 16.5 Å². The lowest BCUT2D eigenvalue weighted by atomic mass is 10.0.